The van der Waals surface area contributed by atoms with Crippen LogP contribution in [0.3, 0.4) is 0 Å². The fraction of sp³-hybridized carbons (Fsp3) is 0.200. The molecule has 2 rings (SSSR count). The fourth-order valence-electron chi connectivity index (χ4n) is 1.89. The molecule has 0 atom stereocenters. The van der Waals surface area contributed by atoms with Crippen LogP contribution in [0, 0.1) is 0 Å². The predicted molar refractivity (Wildman–Crippen MR) is 79.4 cm³/mol. The van der Waals surface area contributed by atoms with E-state index < -0.39 is 6.61 Å². The Bertz CT molecular complexity index is 608. The lowest BCUT2D eigenvalue weighted by Gasteiger charge is -2.12. The zero-order valence-electron chi connectivity index (χ0n) is 11.0. The van der Waals surface area contributed by atoms with Gasteiger partial charge in [-0.15, -0.1) is 0 Å². The summed E-state index contributed by atoms with van der Waals surface area (Å²) in [5.74, 6) is 0.335. The van der Waals surface area contributed by atoms with Crippen LogP contribution in [0.1, 0.15) is 11.1 Å². The van der Waals surface area contributed by atoms with E-state index in [1.54, 1.807) is 30.3 Å². The van der Waals surface area contributed by atoms with E-state index in [2.05, 4.69) is 26.0 Å². The number of alkyl halides is 2. The first kappa shape index (κ1) is 15.7. The van der Waals surface area contributed by atoms with Gasteiger partial charge in [0.05, 0.1) is 0 Å². The molecule has 2 aromatic rings. The minimum absolute atomic E-state index is 0.137. The second-order valence-corrected chi connectivity index (χ2v) is 5.28. The van der Waals surface area contributed by atoms with Crippen molar-refractivity contribution >= 4 is 15.9 Å². The number of para-hydroxylation sites is 1. The highest BCUT2D eigenvalue weighted by Gasteiger charge is 2.10. The van der Waals surface area contributed by atoms with E-state index in [1.807, 2.05) is 6.07 Å². The quantitative estimate of drug-likeness (QED) is 0.819. The van der Waals surface area contributed by atoms with Gasteiger partial charge in [0.2, 0.25) is 0 Å². The lowest BCUT2D eigenvalue weighted by molar-refractivity contribution is -0.0505. The van der Waals surface area contributed by atoms with Crippen LogP contribution in [0.25, 0.3) is 0 Å². The van der Waals surface area contributed by atoms with E-state index in [4.69, 9.17) is 0 Å². The van der Waals surface area contributed by atoms with E-state index in [-0.39, 0.29) is 11.5 Å². The zero-order chi connectivity index (χ0) is 15.2. The first-order valence-electron chi connectivity index (χ1n) is 6.27. The summed E-state index contributed by atoms with van der Waals surface area (Å²) in [7, 11) is 0. The number of ether oxygens (including phenoxy) is 1. The first-order chi connectivity index (χ1) is 10.1. The van der Waals surface area contributed by atoms with Gasteiger partial charge in [0, 0.05) is 28.7 Å². The molecule has 0 aromatic heterocycles. The Labute approximate surface area is 129 Å². The lowest BCUT2D eigenvalue weighted by Crippen LogP contribution is -2.14. The number of aromatic hydroxyl groups is 1. The summed E-state index contributed by atoms with van der Waals surface area (Å²) in [6.45, 7) is -2.09. The Kier molecular flexibility index (Phi) is 5.52. The predicted octanol–water partition coefficient (Wildman–Crippen LogP) is 4.05. The maximum absolute atomic E-state index is 12.4. The third-order valence-electron chi connectivity index (χ3n) is 2.86. The molecule has 0 saturated heterocycles. The van der Waals surface area contributed by atoms with Gasteiger partial charge in [-0.3, -0.25) is 0 Å². The van der Waals surface area contributed by atoms with Crippen LogP contribution >= 0.6 is 15.9 Å². The number of rotatable bonds is 6. The molecule has 0 amide bonds. The third kappa shape index (κ3) is 4.68. The van der Waals surface area contributed by atoms with E-state index in [0.29, 0.717) is 18.7 Å². The average molecular weight is 358 g/mol. The van der Waals surface area contributed by atoms with Gasteiger partial charge < -0.3 is 15.2 Å². The summed E-state index contributed by atoms with van der Waals surface area (Å²) in [6.07, 6.45) is 0. The van der Waals surface area contributed by atoms with Gasteiger partial charge >= 0.3 is 6.61 Å². The molecule has 112 valence electrons. The van der Waals surface area contributed by atoms with Crippen LogP contribution in [0.4, 0.5) is 8.78 Å². The van der Waals surface area contributed by atoms with Crippen molar-refractivity contribution < 1.29 is 18.6 Å². The maximum Gasteiger partial charge on any atom is 0.387 e. The van der Waals surface area contributed by atoms with E-state index >= 15 is 0 Å². The molecule has 0 aliphatic carbocycles. The summed E-state index contributed by atoms with van der Waals surface area (Å²) in [6, 6.07) is 11.8. The maximum atomic E-state index is 12.4. The monoisotopic (exact) mass is 357 g/mol. The van der Waals surface area contributed by atoms with E-state index in [1.165, 1.54) is 6.07 Å². The molecule has 3 nitrogen and oxygen atoms in total. The summed E-state index contributed by atoms with van der Waals surface area (Å²) in [5, 5.41) is 12.7. The topological polar surface area (TPSA) is 41.5 Å². The minimum atomic E-state index is -2.86. The van der Waals surface area contributed by atoms with Gasteiger partial charge in [0.25, 0.3) is 0 Å². The minimum Gasteiger partial charge on any atom is -0.508 e. The number of hydrogen-bond acceptors (Lipinski definition) is 3. The van der Waals surface area contributed by atoms with E-state index in [9.17, 15) is 13.9 Å². The first-order valence-corrected chi connectivity index (χ1v) is 7.06. The van der Waals surface area contributed by atoms with Crippen LogP contribution in [-0.4, -0.2) is 11.7 Å². The van der Waals surface area contributed by atoms with Gasteiger partial charge in [-0.25, -0.2) is 0 Å². The van der Waals surface area contributed by atoms with E-state index in [0.717, 1.165) is 10.0 Å². The SMILES string of the molecule is Oc1ccccc1CNCc1cc(Br)ccc1OC(F)F. The smallest absolute Gasteiger partial charge is 0.387 e. The molecule has 0 saturated carbocycles. The van der Waals surface area contributed by atoms with Gasteiger partial charge in [-0.1, -0.05) is 34.1 Å². The van der Waals surface area contributed by atoms with Crippen molar-refractivity contribution in [2.45, 2.75) is 19.7 Å². The van der Waals surface area contributed by atoms with Crippen LogP contribution in [0.2, 0.25) is 0 Å². The number of nitrogens with one attached hydrogen (secondary N) is 1. The summed E-state index contributed by atoms with van der Waals surface area (Å²) in [5.41, 5.74) is 1.35. The second-order valence-electron chi connectivity index (χ2n) is 4.36. The molecule has 0 radical (unpaired) electrons. The Morgan fingerprint density at radius 1 is 1.10 bits per heavy atom. The number of phenols is 1. The third-order valence-corrected chi connectivity index (χ3v) is 3.35. The molecule has 0 aliphatic heterocycles. The number of benzene rings is 2. The van der Waals surface area contributed by atoms with Crippen molar-refractivity contribution in [3.05, 3.63) is 58.1 Å². The molecular weight excluding hydrogens is 344 g/mol. The number of hydrogen-bond donors (Lipinski definition) is 2. The van der Waals surface area contributed by atoms with Crippen molar-refractivity contribution in [3.8, 4) is 11.5 Å². The standard InChI is InChI=1S/C15H14BrF2NO2/c16-12-5-6-14(21-15(17)18)11(7-12)9-19-8-10-3-1-2-4-13(10)20/h1-7,15,19-20H,8-9H2. The molecule has 0 aliphatic rings. The second kappa shape index (κ2) is 7.38. The average Bonchev–Trinajstić information content (AvgIpc) is 2.43. The zero-order valence-corrected chi connectivity index (χ0v) is 12.6. The molecule has 0 bridgehead atoms. The summed E-state index contributed by atoms with van der Waals surface area (Å²) in [4.78, 5) is 0. The van der Waals surface area contributed by atoms with Crippen molar-refractivity contribution in [2.75, 3.05) is 0 Å². The van der Waals surface area contributed by atoms with Gasteiger partial charge in [0.15, 0.2) is 0 Å². The van der Waals surface area contributed by atoms with Crippen molar-refractivity contribution in [2.24, 2.45) is 0 Å². The molecule has 2 N–H and O–H groups in total. The lowest BCUT2D eigenvalue weighted by atomic mass is 10.1. The summed E-state index contributed by atoms with van der Waals surface area (Å²) < 4.78 is 30.0. The highest BCUT2D eigenvalue weighted by molar-refractivity contribution is 9.10. The molecule has 0 heterocycles. The fourth-order valence-corrected chi connectivity index (χ4v) is 2.30. The highest BCUT2D eigenvalue weighted by atomic mass is 79.9. The summed E-state index contributed by atoms with van der Waals surface area (Å²) >= 11 is 3.30. The molecule has 0 fully saturated rings. The Morgan fingerprint density at radius 3 is 2.52 bits per heavy atom. The van der Waals surface area contributed by atoms with Crippen molar-refractivity contribution in [1.29, 1.82) is 0 Å². The molecular formula is C15H14BrF2NO2. The largest absolute Gasteiger partial charge is 0.508 e. The highest BCUT2D eigenvalue weighted by Crippen LogP contribution is 2.25. The van der Waals surface area contributed by atoms with Gasteiger partial charge in [-0.05, 0) is 24.3 Å². The normalized spacial score (nSPS) is 10.9. The molecule has 6 heteroatoms. The number of halogens is 3. The molecule has 2 aromatic carbocycles. The van der Waals surface area contributed by atoms with Crippen LogP contribution < -0.4 is 10.1 Å². The van der Waals surface area contributed by atoms with Crippen molar-refractivity contribution in [3.63, 3.8) is 0 Å². The Balaban J connectivity index is 2.02. The Hall–Kier alpha value is -1.66. The van der Waals surface area contributed by atoms with Crippen LogP contribution in [-0.2, 0) is 13.1 Å². The van der Waals surface area contributed by atoms with Gasteiger partial charge in [0.1, 0.15) is 11.5 Å². The van der Waals surface area contributed by atoms with Crippen molar-refractivity contribution in [1.82, 2.24) is 5.32 Å². The number of phenolic OH excluding ortho intramolecular Hbond substituents is 1. The Morgan fingerprint density at radius 2 is 1.81 bits per heavy atom. The molecule has 21 heavy (non-hydrogen) atoms. The van der Waals surface area contributed by atoms with Gasteiger partial charge in [-0.2, -0.15) is 8.78 Å². The van der Waals surface area contributed by atoms with Crippen LogP contribution in [0.15, 0.2) is 46.9 Å². The molecule has 0 unspecified atom stereocenters. The molecule has 0 spiro atoms. The van der Waals surface area contributed by atoms with Crippen LogP contribution in [0.5, 0.6) is 11.5 Å².